The van der Waals surface area contributed by atoms with Crippen LogP contribution in [0.25, 0.3) is 11.0 Å². The number of aryl methyl sites for hydroxylation is 1. The number of benzene rings is 1. The van der Waals surface area contributed by atoms with E-state index in [2.05, 4.69) is 25.6 Å². The van der Waals surface area contributed by atoms with E-state index in [0.717, 1.165) is 0 Å². The topological polar surface area (TPSA) is 118 Å². The van der Waals surface area contributed by atoms with Crippen LogP contribution in [0, 0.1) is 12.7 Å². The number of hydrogen-bond donors (Lipinski definition) is 3. The molecule has 9 nitrogen and oxygen atoms in total. The van der Waals surface area contributed by atoms with Crippen LogP contribution in [-0.2, 0) is 9.53 Å². The fourth-order valence-electron chi connectivity index (χ4n) is 3.92. The number of rotatable bonds is 6. The molecule has 1 atom stereocenters. The lowest BCUT2D eigenvalue weighted by atomic mass is 9.96. The van der Waals surface area contributed by atoms with Crippen LogP contribution in [-0.4, -0.2) is 45.8 Å². The normalized spacial score (nSPS) is 18.4. The highest BCUT2D eigenvalue weighted by atomic mass is 35.5. The quantitative estimate of drug-likeness (QED) is 0.316. The number of aromatic amines is 1. The number of aromatic nitrogens is 3. The summed E-state index contributed by atoms with van der Waals surface area (Å²) < 4.78 is 46.7. The van der Waals surface area contributed by atoms with Crippen LogP contribution in [0.1, 0.15) is 32.5 Å². The first kappa shape index (κ1) is 20.2. The van der Waals surface area contributed by atoms with Crippen LogP contribution >= 0.6 is 11.6 Å². The molecule has 184 valence electrons. The lowest BCUT2D eigenvalue weighted by Gasteiger charge is -2.35. The maximum atomic E-state index is 14.3. The Hall–Kier alpha value is -4.02. The summed E-state index contributed by atoms with van der Waals surface area (Å²) in [5.41, 5.74) is 0.237. The van der Waals surface area contributed by atoms with Crippen molar-refractivity contribution in [2.75, 3.05) is 24.3 Å². The van der Waals surface area contributed by atoms with Crippen molar-refractivity contribution >= 4 is 45.7 Å². The lowest BCUT2D eigenvalue weighted by molar-refractivity contribution is -0.121. The Morgan fingerprint density at radius 3 is 2.89 bits per heavy atom. The summed E-state index contributed by atoms with van der Waals surface area (Å²) in [6.07, 6.45) is 4.28. The Kier molecular flexibility index (Phi) is 4.99. The van der Waals surface area contributed by atoms with Gasteiger partial charge in [-0.1, -0.05) is 11.6 Å². The molecule has 0 spiro atoms. The van der Waals surface area contributed by atoms with E-state index >= 15 is 0 Å². The second kappa shape index (κ2) is 8.89. The zero-order valence-electron chi connectivity index (χ0n) is 22.0. The predicted molar refractivity (Wildman–Crippen MR) is 133 cm³/mol. The summed E-state index contributed by atoms with van der Waals surface area (Å²) in [4.78, 5) is 37.5. The summed E-state index contributed by atoms with van der Waals surface area (Å²) in [6, 6.07) is 5.79. The molecule has 5 rings (SSSR count). The molecule has 3 aromatic heterocycles. The largest absolute Gasteiger partial charge is 0.436 e. The average Bonchev–Trinajstić information content (AvgIpc) is 3.31. The monoisotopic (exact) mass is 512 g/mol. The van der Waals surface area contributed by atoms with Crippen LogP contribution in [0.3, 0.4) is 0 Å². The number of anilines is 2. The number of pyridine rings is 2. The maximum Gasteiger partial charge on any atom is 0.256 e. The highest BCUT2D eigenvalue weighted by molar-refractivity contribution is 6.36. The molecule has 0 aliphatic carbocycles. The second-order valence-corrected chi connectivity index (χ2v) is 8.90. The molecule has 36 heavy (non-hydrogen) atoms. The van der Waals surface area contributed by atoms with Crippen molar-refractivity contribution in [2.24, 2.45) is 0 Å². The third kappa shape index (κ3) is 3.94. The van der Waals surface area contributed by atoms with Crippen molar-refractivity contribution in [3.8, 4) is 11.6 Å². The van der Waals surface area contributed by atoms with Gasteiger partial charge < -0.3 is 25.1 Å². The number of methoxy groups -OCH3 is 1. The Balaban J connectivity index is 1.49. The Bertz CT molecular complexity index is 1640. The first-order valence-electron chi connectivity index (χ1n) is 12.2. The number of ether oxygens (including phenoxy) is 2. The zero-order valence-corrected chi connectivity index (χ0v) is 19.8. The number of nitrogens with one attached hydrogen (secondary N) is 3. The number of nitrogens with zero attached hydrogens (tertiary/aromatic N) is 2. The van der Waals surface area contributed by atoms with Crippen LogP contribution in [0.4, 0.5) is 15.8 Å². The van der Waals surface area contributed by atoms with Gasteiger partial charge in [0.2, 0.25) is 0 Å². The van der Waals surface area contributed by atoms with E-state index in [0.29, 0.717) is 28.0 Å². The van der Waals surface area contributed by atoms with E-state index in [4.69, 9.17) is 25.2 Å². The molecular formula is C25H21ClFN5O4. The summed E-state index contributed by atoms with van der Waals surface area (Å²) >= 11 is 6.44. The Morgan fingerprint density at radius 1 is 1.28 bits per heavy atom. The summed E-state index contributed by atoms with van der Waals surface area (Å²) in [5, 5.41) is 6.14. The van der Waals surface area contributed by atoms with Gasteiger partial charge >= 0.3 is 0 Å². The SMILES string of the molecule is [2H]C([2H])([2H])OC[C@]1(C)Nc2c(cnc3[nH]cc(C(=O)c4ccc(Oc5nccc(C)c5F)cc4Cl)c23)NC1=O. The van der Waals surface area contributed by atoms with Gasteiger partial charge in [0.1, 0.15) is 16.9 Å². The Labute approximate surface area is 214 Å². The smallest absolute Gasteiger partial charge is 0.256 e. The van der Waals surface area contributed by atoms with Gasteiger partial charge in [-0.2, -0.15) is 0 Å². The zero-order chi connectivity index (χ0) is 28.1. The van der Waals surface area contributed by atoms with Crippen molar-refractivity contribution in [1.29, 1.82) is 0 Å². The third-order valence-electron chi connectivity index (χ3n) is 5.91. The Morgan fingerprint density at radius 2 is 2.11 bits per heavy atom. The van der Waals surface area contributed by atoms with E-state index in [1.54, 1.807) is 6.92 Å². The highest BCUT2D eigenvalue weighted by Crippen LogP contribution is 2.39. The maximum absolute atomic E-state index is 14.3. The van der Waals surface area contributed by atoms with E-state index < -0.39 is 36.7 Å². The molecule has 0 bridgehead atoms. The first-order valence-corrected chi connectivity index (χ1v) is 11.1. The van der Waals surface area contributed by atoms with Crippen LogP contribution in [0.15, 0.2) is 42.9 Å². The van der Waals surface area contributed by atoms with E-state index in [9.17, 15) is 14.0 Å². The van der Waals surface area contributed by atoms with Crippen molar-refractivity contribution in [3.05, 3.63) is 70.4 Å². The van der Waals surface area contributed by atoms with E-state index in [-0.39, 0.29) is 27.8 Å². The second-order valence-electron chi connectivity index (χ2n) is 8.49. The number of carbonyl (C=O) groups excluding carboxylic acids is 2. The molecule has 0 radical (unpaired) electrons. The number of carbonyl (C=O) groups is 2. The molecule has 1 amide bonds. The number of fused-ring (bicyclic) bond motifs is 3. The summed E-state index contributed by atoms with van der Waals surface area (Å²) in [7, 11) is -2.71. The molecule has 1 aliphatic rings. The fourth-order valence-corrected chi connectivity index (χ4v) is 4.18. The minimum Gasteiger partial charge on any atom is -0.436 e. The van der Waals surface area contributed by atoms with Gasteiger partial charge in [-0.05, 0) is 37.6 Å². The molecule has 11 heteroatoms. The minimum absolute atomic E-state index is 0.0508. The molecular weight excluding hydrogens is 489 g/mol. The van der Waals surface area contributed by atoms with Crippen LogP contribution < -0.4 is 15.4 Å². The fraction of sp³-hybridized carbons (Fsp3) is 0.200. The minimum atomic E-state index is -2.71. The van der Waals surface area contributed by atoms with Crippen LogP contribution in [0.2, 0.25) is 5.02 Å². The van der Waals surface area contributed by atoms with Crippen molar-refractivity contribution < 1.29 is 27.6 Å². The number of H-pyrrole nitrogens is 1. The summed E-state index contributed by atoms with van der Waals surface area (Å²) in [5.74, 6) is -1.64. The number of hydrogen-bond acceptors (Lipinski definition) is 7. The molecule has 4 heterocycles. The molecule has 3 N–H and O–H groups in total. The molecule has 0 fully saturated rings. The van der Waals surface area contributed by atoms with Crippen molar-refractivity contribution in [3.63, 3.8) is 0 Å². The van der Waals surface area contributed by atoms with Gasteiger partial charge in [0.05, 0.1) is 44.3 Å². The van der Waals surface area contributed by atoms with E-state index in [1.165, 1.54) is 49.8 Å². The van der Waals surface area contributed by atoms with E-state index in [1.807, 2.05) is 0 Å². The molecule has 1 aliphatic heterocycles. The van der Waals surface area contributed by atoms with Gasteiger partial charge in [0, 0.05) is 31.1 Å². The van der Waals surface area contributed by atoms with Gasteiger partial charge in [-0.25, -0.2) is 14.4 Å². The van der Waals surface area contributed by atoms with Gasteiger partial charge in [0.25, 0.3) is 11.8 Å². The standard InChI is InChI=1S/C25H21ClFN5O4/c1-12-6-7-28-23(19(12)27)36-13-4-5-14(16(26)8-13)21(33)15-9-29-22-18(15)20-17(10-30-22)31-24(34)25(2,32-20)11-35-3/h4-10,32H,11H2,1-3H3,(H,29,30)(H,31,34)/t25-/m0/s1/i3D3. The molecule has 1 aromatic carbocycles. The van der Waals surface area contributed by atoms with Crippen LogP contribution in [0.5, 0.6) is 11.6 Å². The predicted octanol–water partition coefficient (Wildman–Crippen LogP) is 4.85. The molecule has 0 saturated carbocycles. The number of halogens is 2. The molecule has 0 saturated heterocycles. The third-order valence-corrected chi connectivity index (χ3v) is 6.22. The number of amides is 1. The highest BCUT2D eigenvalue weighted by Gasteiger charge is 2.39. The number of ketones is 1. The summed E-state index contributed by atoms with van der Waals surface area (Å²) in [6.45, 7) is 2.60. The van der Waals surface area contributed by atoms with Gasteiger partial charge in [-0.3, -0.25) is 9.59 Å². The average molecular weight is 513 g/mol. The first-order chi connectivity index (χ1) is 18.4. The van der Waals surface area contributed by atoms with Gasteiger partial charge in [-0.15, -0.1) is 0 Å². The van der Waals surface area contributed by atoms with Gasteiger partial charge in [0.15, 0.2) is 11.6 Å². The van der Waals surface area contributed by atoms with Crippen molar-refractivity contribution in [2.45, 2.75) is 19.4 Å². The molecule has 4 aromatic rings. The van der Waals surface area contributed by atoms with Crippen molar-refractivity contribution in [1.82, 2.24) is 15.0 Å². The molecule has 0 unspecified atom stereocenters. The lowest BCUT2D eigenvalue weighted by Crippen LogP contribution is -2.53.